The number of halogens is 2. The SMILES string of the molecule is Cc1csc([C@H]2CCCN2C(=O)c2cc(C(=O)C[C@@H](Cc3cc(F)cc(F)c3)[C@H](O)C3CCCC3)cc(N3CCCCS3(=O)=O)c2)n1. The van der Waals surface area contributed by atoms with Gasteiger partial charge < -0.3 is 10.0 Å². The van der Waals surface area contributed by atoms with Crippen molar-refractivity contribution in [2.45, 2.75) is 83.3 Å². The van der Waals surface area contributed by atoms with Crippen LogP contribution >= 0.6 is 11.3 Å². The molecular weight excluding hydrogens is 645 g/mol. The standard InChI is InChI=1S/C35H41F2N3O5S2/c1-22-21-46-34(38-22)31-9-6-10-39(31)35(43)27-16-25(17-30(18-27)40-11-4-5-12-47(40,44)45)32(41)19-26(33(42)24-7-2-3-8-24)13-23-14-28(36)20-29(37)15-23/h14-18,20-21,24,26,31,33,42H,2-13,19H2,1H3/t26-,31-,33-/m1/s1. The molecule has 1 N–H and O–H groups in total. The van der Waals surface area contributed by atoms with Crippen LogP contribution in [0.2, 0.25) is 0 Å². The van der Waals surface area contributed by atoms with Gasteiger partial charge in [-0.3, -0.25) is 13.9 Å². The van der Waals surface area contributed by atoms with E-state index in [1.165, 1.54) is 39.9 Å². The van der Waals surface area contributed by atoms with Crippen molar-refractivity contribution in [1.82, 2.24) is 9.88 Å². The molecule has 252 valence electrons. The van der Waals surface area contributed by atoms with Crippen LogP contribution in [0.4, 0.5) is 14.5 Å². The summed E-state index contributed by atoms with van der Waals surface area (Å²) in [5, 5.41) is 14.3. The molecule has 0 spiro atoms. The van der Waals surface area contributed by atoms with Crippen molar-refractivity contribution in [2.75, 3.05) is 23.1 Å². The Balaban J connectivity index is 1.35. The van der Waals surface area contributed by atoms with Crippen molar-refractivity contribution >= 4 is 38.7 Å². The predicted molar refractivity (Wildman–Crippen MR) is 177 cm³/mol. The number of thiazole rings is 1. The first kappa shape index (κ1) is 33.7. The lowest BCUT2D eigenvalue weighted by Gasteiger charge is -2.30. The van der Waals surface area contributed by atoms with Crippen LogP contribution in [0.25, 0.3) is 0 Å². The Morgan fingerprint density at radius 1 is 0.957 bits per heavy atom. The maximum atomic E-state index is 14.1. The number of anilines is 1. The largest absolute Gasteiger partial charge is 0.393 e. The third-order valence-corrected chi connectivity index (χ3v) is 12.7. The van der Waals surface area contributed by atoms with E-state index in [4.69, 9.17) is 0 Å². The molecule has 8 nitrogen and oxygen atoms in total. The molecule has 1 amide bonds. The number of aliphatic hydroxyl groups excluding tert-OH is 1. The normalized spacial score (nSPS) is 21.2. The number of amides is 1. The Hall–Kier alpha value is -3.22. The molecule has 0 radical (unpaired) electrons. The summed E-state index contributed by atoms with van der Waals surface area (Å²) in [6.45, 7) is 2.66. The van der Waals surface area contributed by atoms with Crippen LogP contribution in [0.3, 0.4) is 0 Å². The van der Waals surface area contributed by atoms with E-state index in [2.05, 4.69) is 4.98 Å². The van der Waals surface area contributed by atoms with Gasteiger partial charge in [0.2, 0.25) is 10.0 Å². The first-order valence-electron chi connectivity index (χ1n) is 16.5. The average Bonchev–Trinajstić information content (AvgIpc) is 3.81. The van der Waals surface area contributed by atoms with Crippen LogP contribution in [0.5, 0.6) is 0 Å². The molecule has 2 aromatic carbocycles. The van der Waals surface area contributed by atoms with Crippen molar-refractivity contribution in [3.8, 4) is 0 Å². The third-order valence-electron chi connectivity index (χ3n) is 9.79. The van der Waals surface area contributed by atoms with E-state index in [0.29, 0.717) is 24.9 Å². The summed E-state index contributed by atoms with van der Waals surface area (Å²) in [4.78, 5) is 34.6. The highest BCUT2D eigenvalue weighted by molar-refractivity contribution is 7.92. The van der Waals surface area contributed by atoms with Gasteiger partial charge >= 0.3 is 0 Å². The minimum absolute atomic E-state index is 0.0219. The highest BCUT2D eigenvalue weighted by Crippen LogP contribution is 2.37. The van der Waals surface area contributed by atoms with Crippen LogP contribution in [0.1, 0.15) is 101 Å². The lowest BCUT2D eigenvalue weighted by molar-refractivity contribution is 0.0456. The molecule has 3 heterocycles. The Morgan fingerprint density at radius 3 is 2.36 bits per heavy atom. The van der Waals surface area contributed by atoms with E-state index < -0.39 is 33.7 Å². The summed E-state index contributed by atoms with van der Waals surface area (Å²) in [6.07, 6.45) is 5.36. The van der Waals surface area contributed by atoms with Gasteiger partial charge in [0.25, 0.3) is 5.91 Å². The molecule has 47 heavy (non-hydrogen) atoms. The summed E-state index contributed by atoms with van der Waals surface area (Å²) < 4.78 is 55.8. The van der Waals surface area contributed by atoms with E-state index >= 15 is 0 Å². The number of hydrogen-bond acceptors (Lipinski definition) is 7. The molecule has 3 atom stereocenters. The van der Waals surface area contributed by atoms with Crippen molar-refractivity contribution in [1.29, 1.82) is 0 Å². The lowest BCUT2D eigenvalue weighted by atomic mass is 9.81. The van der Waals surface area contributed by atoms with Gasteiger partial charge in [0.05, 0.1) is 23.6 Å². The van der Waals surface area contributed by atoms with Gasteiger partial charge in [0.1, 0.15) is 16.6 Å². The maximum absolute atomic E-state index is 14.1. The van der Waals surface area contributed by atoms with Crippen molar-refractivity contribution in [3.05, 3.63) is 80.8 Å². The Morgan fingerprint density at radius 2 is 1.68 bits per heavy atom. The molecule has 0 unspecified atom stereocenters. The fourth-order valence-corrected chi connectivity index (χ4v) is 10.0. The van der Waals surface area contributed by atoms with Gasteiger partial charge in [-0.1, -0.05) is 12.8 Å². The summed E-state index contributed by atoms with van der Waals surface area (Å²) in [7, 11) is -3.65. The zero-order valence-electron chi connectivity index (χ0n) is 26.5. The zero-order chi connectivity index (χ0) is 33.3. The topological polar surface area (TPSA) is 108 Å². The first-order chi connectivity index (χ1) is 22.5. The number of rotatable bonds is 10. The number of Topliss-reactive ketones (excluding diaryl/α,β-unsaturated/α-hetero) is 1. The van der Waals surface area contributed by atoms with E-state index in [1.54, 1.807) is 11.0 Å². The molecule has 1 aliphatic carbocycles. The summed E-state index contributed by atoms with van der Waals surface area (Å²) >= 11 is 1.50. The number of carbonyl (C=O) groups is 2. The number of ketones is 1. The highest BCUT2D eigenvalue weighted by Gasteiger charge is 2.36. The molecule has 2 aliphatic heterocycles. The second kappa shape index (κ2) is 14.1. The number of likely N-dealkylation sites (tertiary alicyclic amines) is 1. The third kappa shape index (κ3) is 7.60. The Kier molecular flexibility index (Phi) is 10.1. The van der Waals surface area contributed by atoms with Gasteiger partial charge in [-0.05, 0) is 99.6 Å². The van der Waals surface area contributed by atoms with Crippen LogP contribution < -0.4 is 4.31 Å². The second-order valence-electron chi connectivity index (χ2n) is 13.3. The van der Waals surface area contributed by atoms with Crippen LogP contribution in [-0.4, -0.2) is 60.0 Å². The highest BCUT2D eigenvalue weighted by atomic mass is 32.2. The lowest BCUT2D eigenvalue weighted by Crippen LogP contribution is -2.38. The number of hydrogen-bond donors (Lipinski definition) is 1. The van der Waals surface area contributed by atoms with Gasteiger partial charge in [0, 0.05) is 47.8 Å². The number of aryl methyl sites for hydroxylation is 1. The van der Waals surface area contributed by atoms with Crippen molar-refractivity contribution in [3.63, 3.8) is 0 Å². The summed E-state index contributed by atoms with van der Waals surface area (Å²) in [5.74, 6) is -2.82. The van der Waals surface area contributed by atoms with Crippen LogP contribution in [0, 0.1) is 30.4 Å². The van der Waals surface area contributed by atoms with Gasteiger partial charge in [0.15, 0.2) is 5.78 Å². The molecule has 3 aromatic rings. The van der Waals surface area contributed by atoms with Crippen LogP contribution in [-0.2, 0) is 16.4 Å². The summed E-state index contributed by atoms with van der Waals surface area (Å²) in [6, 6.07) is 7.62. The molecule has 3 aliphatic rings. The molecule has 1 saturated carbocycles. The maximum Gasteiger partial charge on any atom is 0.254 e. The minimum Gasteiger partial charge on any atom is -0.393 e. The smallest absolute Gasteiger partial charge is 0.254 e. The quantitative estimate of drug-likeness (QED) is 0.241. The second-order valence-corrected chi connectivity index (χ2v) is 16.2. The zero-order valence-corrected chi connectivity index (χ0v) is 28.2. The molecule has 12 heteroatoms. The van der Waals surface area contributed by atoms with Gasteiger partial charge in [-0.25, -0.2) is 22.2 Å². The Labute approximate surface area is 278 Å². The van der Waals surface area contributed by atoms with Crippen molar-refractivity contribution < 1.29 is 31.9 Å². The molecule has 0 bridgehead atoms. The van der Waals surface area contributed by atoms with E-state index in [9.17, 15) is 31.9 Å². The number of aliphatic hydroxyl groups is 1. The molecule has 1 aromatic heterocycles. The molecule has 6 rings (SSSR count). The minimum atomic E-state index is -3.65. The number of sulfonamides is 1. The fraction of sp³-hybridized carbons (Fsp3) is 0.514. The average molecular weight is 686 g/mol. The molecule has 3 fully saturated rings. The van der Waals surface area contributed by atoms with Gasteiger partial charge in [-0.15, -0.1) is 11.3 Å². The number of benzene rings is 2. The van der Waals surface area contributed by atoms with Crippen LogP contribution in [0.15, 0.2) is 41.8 Å². The van der Waals surface area contributed by atoms with Gasteiger partial charge in [-0.2, -0.15) is 0 Å². The number of aromatic nitrogens is 1. The Bertz CT molecular complexity index is 1720. The molecule has 2 saturated heterocycles. The summed E-state index contributed by atoms with van der Waals surface area (Å²) in [5.41, 5.74) is 1.87. The van der Waals surface area contributed by atoms with E-state index in [1.807, 2.05) is 12.3 Å². The fourth-order valence-electron chi connectivity index (χ4n) is 7.46. The predicted octanol–water partition coefficient (Wildman–Crippen LogP) is 6.62. The first-order valence-corrected chi connectivity index (χ1v) is 19.0. The van der Waals surface area contributed by atoms with E-state index in [0.717, 1.165) is 55.3 Å². The number of carbonyl (C=O) groups excluding carboxylic acids is 2. The monoisotopic (exact) mass is 685 g/mol. The molecular formula is C35H41F2N3O5S2. The van der Waals surface area contributed by atoms with Crippen molar-refractivity contribution in [2.24, 2.45) is 11.8 Å². The number of nitrogens with zero attached hydrogens (tertiary/aromatic N) is 3. The van der Waals surface area contributed by atoms with E-state index in [-0.39, 0.29) is 65.6 Å².